The van der Waals surface area contributed by atoms with Crippen LogP contribution in [0.5, 0.6) is 0 Å². The zero-order valence-electron chi connectivity index (χ0n) is 8.12. The Morgan fingerprint density at radius 1 is 1.62 bits per heavy atom. The van der Waals surface area contributed by atoms with Crippen molar-refractivity contribution in [2.24, 2.45) is 5.73 Å². The van der Waals surface area contributed by atoms with E-state index < -0.39 is 4.75 Å². The molecule has 0 aromatic heterocycles. The number of carbonyl (C=O) groups excluding carboxylic acids is 1. The summed E-state index contributed by atoms with van der Waals surface area (Å²) in [5.74, 6) is -0.254. The molecule has 0 heterocycles. The third-order valence-electron chi connectivity index (χ3n) is 1.71. The zero-order chi connectivity index (χ0) is 10.5. The number of rotatable bonds is 4. The summed E-state index contributed by atoms with van der Waals surface area (Å²) in [4.78, 5) is 11.5. The lowest BCUT2D eigenvalue weighted by atomic mass is 10.1. The van der Waals surface area contributed by atoms with Gasteiger partial charge in [-0.25, -0.2) is 0 Å². The van der Waals surface area contributed by atoms with Gasteiger partial charge in [-0.1, -0.05) is 30.9 Å². The van der Waals surface area contributed by atoms with E-state index in [9.17, 15) is 4.79 Å². The molecule has 5 heteroatoms. The molecule has 0 aliphatic heterocycles. The second kappa shape index (κ2) is 5.44. The Hall–Kier alpha value is -0.290. The van der Waals surface area contributed by atoms with Gasteiger partial charge in [-0.05, 0) is 20.3 Å². The number of hydrogen-bond donors (Lipinski definition) is 1. The van der Waals surface area contributed by atoms with Gasteiger partial charge in [-0.15, -0.1) is 0 Å². The molecule has 1 atom stereocenters. The maximum absolute atomic E-state index is 11.5. The van der Waals surface area contributed by atoms with E-state index in [0.717, 1.165) is 0 Å². The largest absolute Gasteiger partial charge is 0.465 e. The van der Waals surface area contributed by atoms with Gasteiger partial charge in [0.15, 0.2) is 0 Å². The quantitative estimate of drug-likeness (QED) is 0.578. The maximum atomic E-state index is 11.5. The first-order chi connectivity index (χ1) is 5.96. The van der Waals surface area contributed by atoms with Crippen LogP contribution in [0.4, 0.5) is 0 Å². The fourth-order valence-electron chi connectivity index (χ4n) is 0.764. The zero-order valence-corrected chi connectivity index (χ0v) is 9.76. The lowest BCUT2D eigenvalue weighted by Gasteiger charge is -2.23. The predicted molar refractivity (Wildman–Crippen MR) is 59.7 cm³/mol. The summed E-state index contributed by atoms with van der Waals surface area (Å²) in [5.41, 5.74) is 5.37. The van der Waals surface area contributed by atoms with Crippen molar-refractivity contribution in [2.75, 3.05) is 6.61 Å². The van der Waals surface area contributed by atoms with E-state index in [1.807, 2.05) is 6.92 Å². The molecular formula is C8H15NO2S2. The number of ether oxygens (including phenoxy) is 1. The van der Waals surface area contributed by atoms with Crippen molar-refractivity contribution in [1.82, 2.24) is 0 Å². The Labute approximate surface area is 88.4 Å². The minimum absolute atomic E-state index is 0.254. The van der Waals surface area contributed by atoms with E-state index in [0.29, 0.717) is 13.0 Å². The molecule has 2 N–H and O–H groups in total. The van der Waals surface area contributed by atoms with Gasteiger partial charge in [0.25, 0.3) is 0 Å². The van der Waals surface area contributed by atoms with Crippen LogP contribution in [-0.4, -0.2) is 21.6 Å². The second-order valence-electron chi connectivity index (χ2n) is 2.73. The molecule has 76 valence electrons. The maximum Gasteiger partial charge on any atom is 0.322 e. The monoisotopic (exact) mass is 221 g/mol. The van der Waals surface area contributed by atoms with Crippen LogP contribution in [0.2, 0.25) is 0 Å². The molecule has 0 fully saturated rings. The van der Waals surface area contributed by atoms with E-state index in [-0.39, 0.29) is 10.3 Å². The Morgan fingerprint density at radius 3 is 2.46 bits per heavy atom. The summed E-state index contributed by atoms with van der Waals surface area (Å²) in [6.45, 7) is 5.85. The SMILES string of the molecule is CCOC(=O)C(C)(CC)SC(N)=S. The molecule has 0 radical (unpaired) electrons. The molecule has 0 aromatic carbocycles. The normalized spacial score (nSPS) is 14.7. The Balaban J connectivity index is 4.42. The summed E-state index contributed by atoms with van der Waals surface area (Å²) in [6.07, 6.45) is 0.647. The van der Waals surface area contributed by atoms with Crippen molar-refractivity contribution >= 4 is 34.3 Å². The Morgan fingerprint density at radius 2 is 2.15 bits per heavy atom. The molecule has 0 bridgehead atoms. The van der Waals surface area contributed by atoms with E-state index in [1.165, 1.54) is 11.8 Å². The molecule has 13 heavy (non-hydrogen) atoms. The molecule has 3 nitrogen and oxygen atoms in total. The second-order valence-corrected chi connectivity index (χ2v) is 4.97. The number of thiocarbonyl (C=S) groups is 1. The van der Waals surface area contributed by atoms with Crippen LogP contribution in [0, 0.1) is 0 Å². The lowest BCUT2D eigenvalue weighted by molar-refractivity contribution is -0.145. The van der Waals surface area contributed by atoms with Crippen molar-refractivity contribution in [2.45, 2.75) is 31.9 Å². The fourth-order valence-corrected chi connectivity index (χ4v) is 2.05. The number of nitrogens with two attached hydrogens (primary N) is 1. The smallest absolute Gasteiger partial charge is 0.322 e. The lowest BCUT2D eigenvalue weighted by Crippen LogP contribution is -2.35. The van der Waals surface area contributed by atoms with Crippen LogP contribution in [-0.2, 0) is 9.53 Å². The molecular weight excluding hydrogens is 206 g/mol. The van der Waals surface area contributed by atoms with Crippen LogP contribution in [0.3, 0.4) is 0 Å². The van der Waals surface area contributed by atoms with Gasteiger partial charge in [-0.3, -0.25) is 4.79 Å². The van der Waals surface area contributed by atoms with E-state index in [2.05, 4.69) is 0 Å². The summed E-state index contributed by atoms with van der Waals surface area (Å²) in [7, 11) is 0. The van der Waals surface area contributed by atoms with Crippen LogP contribution < -0.4 is 5.73 Å². The Kier molecular flexibility index (Phi) is 5.32. The van der Waals surface area contributed by atoms with Crippen LogP contribution in [0.1, 0.15) is 27.2 Å². The minimum Gasteiger partial charge on any atom is -0.465 e. The molecule has 0 saturated heterocycles. The van der Waals surface area contributed by atoms with Crippen molar-refractivity contribution in [3.63, 3.8) is 0 Å². The van der Waals surface area contributed by atoms with Gasteiger partial charge in [0.05, 0.1) is 6.61 Å². The molecule has 0 rings (SSSR count). The highest BCUT2D eigenvalue weighted by Crippen LogP contribution is 2.29. The average molecular weight is 221 g/mol. The minimum atomic E-state index is -0.637. The number of carbonyl (C=O) groups is 1. The first kappa shape index (κ1) is 12.7. The highest BCUT2D eigenvalue weighted by Gasteiger charge is 2.34. The van der Waals surface area contributed by atoms with Gasteiger partial charge < -0.3 is 10.5 Å². The Bertz CT molecular complexity index is 208. The summed E-state index contributed by atoms with van der Waals surface area (Å²) in [5, 5.41) is 0. The first-order valence-electron chi connectivity index (χ1n) is 4.12. The van der Waals surface area contributed by atoms with Crippen molar-refractivity contribution in [3.8, 4) is 0 Å². The molecule has 0 spiro atoms. The van der Waals surface area contributed by atoms with Crippen molar-refractivity contribution < 1.29 is 9.53 Å². The summed E-state index contributed by atoms with van der Waals surface area (Å²) >= 11 is 5.93. The van der Waals surface area contributed by atoms with Crippen LogP contribution >= 0.6 is 24.0 Å². The summed E-state index contributed by atoms with van der Waals surface area (Å²) < 4.78 is 4.56. The number of hydrogen-bond acceptors (Lipinski definition) is 4. The van der Waals surface area contributed by atoms with E-state index >= 15 is 0 Å². The molecule has 0 aliphatic rings. The molecule has 0 amide bonds. The van der Waals surface area contributed by atoms with Crippen LogP contribution in [0.25, 0.3) is 0 Å². The first-order valence-corrected chi connectivity index (χ1v) is 5.34. The predicted octanol–water partition coefficient (Wildman–Crippen LogP) is 1.69. The number of esters is 1. The molecule has 1 unspecified atom stereocenters. The summed E-state index contributed by atoms with van der Waals surface area (Å²) in [6, 6.07) is 0. The molecule has 0 saturated carbocycles. The third-order valence-corrected chi connectivity index (χ3v) is 3.06. The number of thioether (sulfide) groups is 1. The van der Waals surface area contributed by atoms with Crippen molar-refractivity contribution in [3.05, 3.63) is 0 Å². The topological polar surface area (TPSA) is 52.3 Å². The average Bonchev–Trinajstić information content (AvgIpc) is 2.03. The van der Waals surface area contributed by atoms with Gasteiger partial charge in [0.1, 0.15) is 9.07 Å². The van der Waals surface area contributed by atoms with Crippen LogP contribution in [0.15, 0.2) is 0 Å². The molecule has 0 aromatic rings. The van der Waals surface area contributed by atoms with Crippen molar-refractivity contribution in [1.29, 1.82) is 0 Å². The molecule has 0 aliphatic carbocycles. The van der Waals surface area contributed by atoms with E-state index in [4.69, 9.17) is 22.7 Å². The van der Waals surface area contributed by atoms with Gasteiger partial charge in [0.2, 0.25) is 0 Å². The highest BCUT2D eigenvalue weighted by atomic mass is 32.2. The van der Waals surface area contributed by atoms with E-state index in [1.54, 1.807) is 13.8 Å². The standard InChI is InChI=1S/C8H15NO2S2/c1-4-8(3,13-7(9)12)6(10)11-5-2/h4-5H2,1-3H3,(H2,9,12). The van der Waals surface area contributed by atoms with Gasteiger partial charge >= 0.3 is 5.97 Å². The third kappa shape index (κ3) is 3.95. The fraction of sp³-hybridized carbons (Fsp3) is 0.750. The van der Waals surface area contributed by atoms with Gasteiger partial charge in [-0.2, -0.15) is 0 Å². The van der Waals surface area contributed by atoms with Gasteiger partial charge in [0, 0.05) is 0 Å². The highest BCUT2D eigenvalue weighted by molar-refractivity contribution is 8.24.